The number of pyridine rings is 1. The SMILES string of the molecule is CC[C@@H](NC(=O)c1ccc(C(F)(F)F)cn1)C(=O)O. The standard InChI is InChI=1S/C11H11F3N2O3/c1-2-7(10(18)19)16-9(17)8-4-3-6(5-15-8)11(12,13)14/h3-5,7H,2H2,1H3,(H,16,17)(H,18,19)/t7-/m1/s1. The van der Waals surface area contributed by atoms with Crippen LogP contribution in [0.1, 0.15) is 29.4 Å². The van der Waals surface area contributed by atoms with E-state index in [0.717, 1.165) is 6.07 Å². The Morgan fingerprint density at radius 3 is 2.42 bits per heavy atom. The summed E-state index contributed by atoms with van der Waals surface area (Å²) in [5.41, 5.74) is -1.25. The highest BCUT2D eigenvalue weighted by atomic mass is 19.4. The molecule has 0 saturated carbocycles. The number of hydrogen-bond donors (Lipinski definition) is 2. The number of halogens is 3. The van der Waals surface area contributed by atoms with E-state index in [1.165, 1.54) is 0 Å². The van der Waals surface area contributed by atoms with Gasteiger partial charge < -0.3 is 10.4 Å². The zero-order chi connectivity index (χ0) is 14.6. The average Bonchev–Trinajstić information content (AvgIpc) is 2.34. The lowest BCUT2D eigenvalue weighted by atomic mass is 10.2. The molecule has 2 N–H and O–H groups in total. The molecule has 0 aromatic carbocycles. The third kappa shape index (κ3) is 3.94. The Morgan fingerprint density at radius 1 is 1.42 bits per heavy atom. The Hall–Kier alpha value is -2.12. The molecule has 1 atom stereocenters. The fourth-order valence-electron chi connectivity index (χ4n) is 1.27. The van der Waals surface area contributed by atoms with E-state index < -0.39 is 29.7 Å². The zero-order valence-electron chi connectivity index (χ0n) is 9.86. The van der Waals surface area contributed by atoms with Crippen LogP contribution in [0, 0.1) is 0 Å². The molecule has 0 bridgehead atoms. The largest absolute Gasteiger partial charge is 0.480 e. The Bertz CT molecular complexity index is 471. The van der Waals surface area contributed by atoms with E-state index in [-0.39, 0.29) is 12.1 Å². The van der Waals surface area contributed by atoms with Gasteiger partial charge in [0.2, 0.25) is 0 Å². The van der Waals surface area contributed by atoms with Gasteiger partial charge in [-0.1, -0.05) is 6.92 Å². The molecule has 1 amide bonds. The van der Waals surface area contributed by atoms with Gasteiger partial charge in [0.15, 0.2) is 0 Å². The molecule has 0 spiro atoms. The molecule has 8 heteroatoms. The van der Waals surface area contributed by atoms with E-state index in [2.05, 4.69) is 10.3 Å². The minimum atomic E-state index is -4.53. The van der Waals surface area contributed by atoms with Gasteiger partial charge in [-0.25, -0.2) is 4.79 Å². The fourth-order valence-corrected chi connectivity index (χ4v) is 1.27. The summed E-state index contributed by atoms with van der Waals surface area (Å²) in [4.78, 5) is 25.6. The summed E-state index contributed by atoms with van der Waals surface area (Å²) in [7, 11) is 0. The van der Waals surface area contributed by atoms with Gasteiger partial charge in [0.1, 0.15) is 11.7 Å². The molecule has 0 aliphatic carbocycles. The van der Waals surface area contributed by atoms with Gasteiger partial charge in [-0.3, -0.25) is 9.78 Å². The topological polar surface area (TPSA) is 79.3 Å². The minimum absolute atomic E-state index is 0.154. The molecule has 19 heavy (non-hydrogen) atoms. The Balaban J connectivity index is 2.81. The number of nitrogens with one attached hydrogen (secondary N) is 1. The summed E-state index contributed by atoms with van der Waals surface area (Å²) in [5, 5.41) is 10.9. The van der Waals surface area contributed by atoms with E-state index in [1.807, 2.05) is 0 Å². The highest BCUT2D eigenvalue weighted by Crippen LogP contribution is 2.28. The van der Waals surface area contributed by atoms with Crippen molar-refractivity contribution in [3.8, 4) is 0 Å². The maximum Gasteiger partial charge on any atom is 0.417 e. The first-order valence-corrected chi connectivity index (χ1v) is 5.32. The van der Waals surface area contributed by atoms with E-state index in [9.17, 15) is 22.8 Å². The van der Waals surface area contributed by atoms with E-state index in [1.54, 1.807) is 6.92 Å². The fraction of sp³-hybridized carbons (Fsp3) is 0.364. The molecule has 0 aliphatic rings. The molecular formula is C11H11F3N2O3. The smallest absolute Gasteiger partial charge is 0.417 e. The van der Waals surface area contributed by atoms with E-state index in [4.69, 9.17) is 5.11 Å². The molecule has 1 aromatic rings. The van der Waals surface area contributed by atoms with Crippen molar-refractivity contribution < 1.29 is 27.9 Å². The number of carboxylic acid groups (broad SMARTS) is 1. The first-order valence-electron chi connectivity index (χ1n) is 5.32. The second-order valence-electron chi connectivity index (χ2n) is 3.70. The molecule has 5 nitrogen and oxygen atoms in total. The summed E-state index contributed by atoms with van der Waals surface area (Å²) < 4.78 is 36.8. The number of alkyl halides is 3. The van der Waals surface area contributed by atoms with Crippen molar-refractivity contribution in [1.82, 2.24) is 10.3 Å². The van der Waals surface area contributed by atoms with Crippen molar-refractivity contribution >= 4 is 11.9 Å². The number of carbonyl (C=O) groups is 2. The molecular weight excluding hydrogens is 265 g/mol. The minimum Gasteiger partial charge on any atom is -0.480 e. The molecule has 0 radical (unpaired) electrons. The Kier molecular flexibility index (Phi) is 4.47. The van der Waals surface area contributed by atoms with Gasteiger partial charge in [0.05, 0.1) is 5.56 Å². The van der Waals surface area contributed by atoms with Crippen LogP contribution in [0.4, 0.5) is 13.2 Å². The summed E-state index contributed by atoms with van der Waals surface area (Å²) in [6, 6.07) is 0.507. The molecule has 0 unspecified atom stereocenters. The molecule has 0 aliphatic heterocycles. The lowest BCUT2D eigenvalue weighted by Gasteiger charge is -2.12. The molecule has 0 saturated heterocycles. The Morgan fingerprint density at radius 2 is 2.05 bits per heavy atom. The van der Waals surface area contributed by atoms with Gasteiger partial charge >= 0.3 is 12.1 Å². The van der Waals surface area contributed by atoms with Crippen molar-refractivity contribution in [2.75, 3.05) is 0 Å². The van der Waals surface area contributed by atoms with Crippen LogP contribution in [-0.2, 0) is 11.0 Å². The number of aromatic nitrogens is 1. The predicted molar refractivity (Wildman–Crippen MR) is 58.4 cm³/mol. The number of aliphatic carboxylic acids is 1. The third-order valence-electron chi connectivity index (χ3n) is 2.34. The van der Waals surface area contributed by atoms with E-state index in [0.29, 0.717) is 12.3 Å². The van der Waals surface area contributed by atoms with Crippen molar-refractivity contribution in [2.24, 2.45) is 0 Å². The second-order valence-corrected chi connectivity index (χ2v) is 3.70. The van der Waals surface area contributed by atoms with Crippen LogP contribution in [0.2, 0.25) is 0 Å². The van der Waals surface area contributed by atoms with Gasteiger partial charge in [-0.05, 0) is 18.6 Å². The van der Waals surface area contributed by atoms with Crippen LogP contribution >= 0.6 is 0 Å². The van der Waals surface area contributed by atoms with Crippen LogP contribution in [0.15, 0.2) is 18.3 Å². The monoisotopic (exact) mass is 276 g/mol. The zero-order valence-corrected chi connectivity index (χ0v) is 9.86. The lowest BCUT2D eigenvalue weighted by Crippen LogP contribution is -2.40. The number of carbonyl (C=O) groups excluding carboxylic acids is 1. The third-order valence-corrected chi connectivity index (χ3v) is 2.34. The van der Waals surface area contributed by atoms with Gasteiger partial charge in [0.25, 0.3) is 5.91 Å². The maximum absolute atomic E-state index is 12.3. The summed E-state index contributed by atoms with van der Waals surface area (Å²) >= 11 is 0. The van der Waals surface area contributed by atoms with Crippen LogP contribution in [0.3, 0.4) is 0 Å². The molecule has 1 aromatic heterocycles. The first-order chi connectivity index (χ1) is 8.75. The van der Waals surface area contributed by atoms with Gasteiger partial charge in [-0.15, -0.1) is 0 Å². The highest BCUT2D eigenvalue weighted by Gasteiger charge is 2.31. The number of nitrogens with zero attached hydrogens (tertiary/aromatic N) is 1. The summed E-state index contributed by atoms with van der Waals surface area (Å²) in [5.74, 6) is -2.05. The number of rotatable bonds is 4. The van der Waals surface area contributed by atoms with Crippen LogP contribution < -0.4 is 5.32 Å². The lowest BCUT2D eigenvalue weighted by molar-refractivity contribution is -0.139. The number of amides is 1. The molecule has 1 heterocycles. The Labute approximate surface area is 106 Å². The van der Waals surface area contributed by atoms with Crippen molar-refractivity contribution in [3.63, 3.8) is 0 Å². The van der Waals surface area contributed by atoms with Crippen molar-refractivity contribution in [1.29, 1.82) is 0 Å². The predicted octanol–water partition coefficient (Wildman–Crippen LogP) is 1.69. The summed E-state index contributed by atoms with van der Waals surface area (Å²) in [6.07, 6.45) is -3.85. The number of hydrogen-bond acceptors (Lipinski definition) is 3. The first kappa shape index (κ1) is 14.9. The van der Waals surface area contributed by atoms with Crippen molar-refractivity contribution in [3.05, 3.63) is 29.6 Å². The van der Waals surface area contributed by atoms with Crippen LogP contribution in [0.5, 0.6) is 0 Å². The van der Waals surface area contributed by atoms with E-state index >= 15 is 0 Å². The maximum atomic E-state index is 12.3. The molecule has 1 rings (SSSR count). The summed E-state index contributed by atoms with van der Waals surface area (Å²) in [6.45, 7) is 1.55. The quantitative estimate of drug-likeness (QED) is 0.877. The number of carboxylic acids is 1. The van der Waals surface area contributed by atoms with Crippen LogP contribution in [0.25, 0.3) is 0 Å². The van der Waals surface area contributed by atoms with Crippen LogP contribution in [-0.4, -0.2) is 28.0 Å². The highest BCUT2D eigenvalue weighted by molar-refractivity contribution is 5.94. The second kappa shape index (κ2) is 5.68. The average molecular weight is 276 g/mol. The van der Waals surface area contributed by atoms with Gasteiger partial charge in [0, 0.05) is 6.20 Å². The van der Waals surface area contributed by atoms with Crippen molar-refractivity contribution in [2.45, 2.75) is 25.6 Å². The normalized spacial score (nSPS) is 12.8. The van der Waals surface area contributed by atoms with Gasteiger partial charge in [-0.2, -0.15) is 13.2 Å². The molecule has 104 valence electrons. The molecule has 0 fully saturated rings.